The van der Waals surface area contributed by atoms with Gasteiger partial charge < -0.3 is 9.47 Å². The van der Waals surface area contributed by atoms with Crippen molar-refractivity contribution in [1.82, 2.24) is 9.80 Å². The van der Waals surface area contributed by atoms with Crippen molar-refractivity contribution in [3.05, 3.63) is 54.6 Å². The Hall–Kier alpha value is -2.86. The molecule has 2 aliphatic heterocycles. The van der Waals surface area contributed by atoms with Gasteiger partial charge in [0.1, 0.15) is 23.4 Å². The van der Waals surface area contributed by atoms with Gasteiger partial charge in [0, 0.05) is 26.1 Å². The number of benzene rings is 2. The zero-order chi connectivity index (χ0) is 19.3. The summed E-state index contributed by atoms with van der Waals surface area (Å²) >= 11 is 0. The van der Waals surface area contributed by atoms with Crippen LogP contribution in [0.4, 0.5) is 0 Å². The van der Waals surface area contributed by atoms with Crippen molar-refractivity contribution >= 4 is 11.8 Å². The van der Waals surface area contributed by atoms with E-state index in [0.717, 1.165) is 36.6 Å². The molecule has 28 heavy (non-hydrogen) atoms. The normalized spacial score (nSPS) is 19.8. The Balaban J connectivity index is 1.26. The molecule has 2 amide bonds. The quantitative estimate of drug-likeness (QED) is 0.771. The van der Waals surface area contributed by atoms with Crippen LogP contribution in [-0.4, -0.2) is 53.9 Å². The maximum Gasteiger partial charge on any atom is 0.243 e. The lowest BCUT2D eigenvalue weighted by Crippen LogP contribution is -2.40. The van der Waals surface area contributed by atoms with Gasteiger partial charge in [-0.2, -0.15) is 0 Å². The molecule has 0 spiro atoms. The first-order valence-electron chi connectivity index (χ1n) is 9.72. The molecule has 0 bridgehead atoms. The van der Waals surface area contributed by atoms with Crippen LogP contribution in [0.2, 0.25) is 0 Å². The summed E-state index contributed by atoms with van der Waals surface area (Å²) in [4.78, 5) is 27.4. The molecule has 1 atom stereocenters. The molecule has 2 heterocycles. The molecule has 0 unspecified atom stereocenters. The minimum atomic E-state index is -0.0921. The van der Waals surface area contributed by atoms with Gasteiger partial charge in [-0.3, -0.25) is 19.4 Å². The van der Waals surface area contributed by atoms with Gasteiger partial charge in [-0.25, -0.2) is 0 Å². The van der Waals surface area contributed by atoms with Crippen LogP contribution in [0.3, 0.4) is 0 Å². The lowest BCUT2D eigenvalue weighted by atomic mass is 10.3. The van der Waals surface area contributed by atoms with Gasteiger partial charge in [0.2, 0.25) is 11.8 Å². The second kappa shape index (κ2) is 8.44. The number of rotatable bonds is 6. The summed E-state index contributed by atoms with van der Waals surface area (Å²) in [5, 5.41) is 0. The summed E-state index contributed by atoms with van der Waals surface area (Å²) in [6, 6.07) is 17.2. The van der Waals surface area contributed by atoms with Crippen molar-refractivity contribution in [2.24, 2.45) is 0 Å². The smallest absolute Gasteiger partial charge is 0.243 e. The summed E-state index contributed by atoms with van der Waals surface area (Å²) < 4.78 is 11.8. The monoisotopic (exact) mass is 380 g/mol. The molecule has 6 heteroatoms. The first-order valence-corrected chi connectivity index (χ1v) is 9.72. The molecule has 6 nitrogen and oxygen atoms in total. The maximum absolute atomic E-state index is 12.3. The highest BCUT2D eigenvalue weighted by molar-refractivity contribution is 5.97. The molecule has 0 saturated carbocycles. The van der Waals surface area contributed by atoms with E-state index in [-0.39, 0.29) is 24.5 Å². The summed E-state index contributed by atoms with van der Waals surface area (Å²) in [6.45, 7) is 2.34. The third-order valence-electron chi connectivity index (χ3n) is 5.07. The third kappa shape index (κ3) is 4.51. The summed E-state index contributed by atoms with van der Waals surface area (Å²) in [7, 11) is 0. The van der Waals surface area contributed by atoms with E-state index in [1.54, 1.807) is 0 Å². The lowest BCUT2D eigenvalue weighted by Gasteiger charge is -2.20. The van der Waals surface area contributed by atoms with Gasteiger partial charge >= 0.3 is 0 Å². The van der Waals surface area contributed by atoms with Gasteiger partial charge in [0.25, 0.3) is 0 Å². The number of hydrogen-bond acceptors (Lipinski definition) is 5. The molecule has 2 fully saturated rings. The average Bonchev–Trinajstić information content (AvgIpc) is 3.33. The molecule has 0 aromatic heterocycles. The van der Waals surface area contributed by atoms with Crippen LogP contribution in [0, 0.1) is 0 Å². The standard InChI is InChI=1S/C22H24N2O4/c25-21-7-4-13-24(21)22(26)16-23-14-12-20(15-23)28-19-10-8-18(9-11-19)27-17-5-2-1-3-6-17/h1-3,5-6,8-11,20H,4,7,12-16H2/t20-/m0/s1. The maximum atomic E-state index is 12.3. The highest BCUT2D eigenvalue weighted by atomic mass is 16.5. The number of ether oxygens (including phenoxy) is 2. The second-order valence-corrected chi connectivity index (χ2v) is 7.19. The highest BCUT2D eigenvalue weighted by Crippen LogP contribution is 2.25. The summed E-state index contributed by atoms with van der Waals surface area (Å²) in [5.74, 6) is 2.20. The zero-order valence-electron chi connectivity index (χ0n) is 15.8. The van der Waals surface area contributed by atoms with E-state index in [0.29, 0.717) is 19.5 Å². The number of carbonyl (C=O) groups excluding carboxylic acids is 2. The number of nitrogens with zero attached hydrogens (tertiary/aromatic N) is 2. The molecular weight excluding hydrogens is 356 g/mol. The number of para-hydroxylation sites is 1. The van der Waals surface area contributed by atoms with E-state index in [9.17, 15) is 9.59 Å². The van der Waals surface area contributed by atoms with Crippen LogP contribution in [0.15, 0.2) is 54.6 Å². The Kier molecular flexibility index (Phi) is 5.58. The van der Waals surface area contributed by atoms with Crippen molar-refractivity contribution in [2.45, 2.75) is 25.4 Å². The minimum absolute atomic E-state index is 0.0444. The fourth-order valence-corrected chi connectivity index (χ4v) is 3.63. The van der Waals surface area contributed by atoms with E-state index in [2.05, 4.69) is 4.90 Å². The SMILES string of the molecule is O=C1CCCN1C(=O)CN1CC[C@H](Oc2ccc(Oc3ccccc3)cc2)C1. The fraction of sp³-hybridized carbons (Fsp3) is 0.364. The van der Waals surface area contributed by atoms with Crippen molar-refractivity contribution in [3.8, 4) is 17.2 Å². The van der Waals surface area contributed by atoms with Crippen LogP contribution in [0.1, 0.15) is 19.3 Å². The molecule has 0 aliphatic carbocycles. The largest absolute Gasteiger partial charge is 0.489 e. The second-order valence-electron chi connectivity index (χ2n) is 7.19. The van der Waals surface area contributed by atoms with Gasteiger partial charge in [0.05, 0.1) is 6.54 Å². The van der Waals surface area contributed by atoms with Crippen LogP contribution in [0.25, 0.3) is 0 Å². The number of carbonyl (C=O) groups is 2. The molecule has 0 N–H and O–H groups in total. The molecule has 2 aromatic rings. The Morgan fingerprint density at radius 3 is 2.39 bits per heavy atom. The van der Waals surface area contributed by atoms with E-state index in [4.69, 9.17) is 9.47 Å². The van der Waals surface area contributed by atoms with Crippen molar-refractivity contribution < 1.29 is 19.1 Å². The number of imide groups is 1. The first kappa shape index (κ1) is 18.5. The number of amides is 2. The Morgan fingerprint density at radius 1 is 0.964 bits per heavy atom. The predicted octanol–water partition coefficient (Wildman–Crippen LogP) is 3.08. The molecule has 2 saturated heterocycles. The Morgan fingerprint density at radius 2 is 1.68 bits per heavy atom. The topological polar surface area (TPSA) is 59.1 Å². The summed E-state index contributed by atoms with van der Waals surface area (Å²) in [6.07, 6.45) is 2.17. The number of hydrogen-bond donors (Lipinski definition) is 0. The van der Waals surface area contributed by atoms with Crippen molar-refractivity contribution in [1.29, 1.82) is 0 Å². The van der Waals surface area contributed by atoms with Gasteiger partial charge in [-0.15, -0.1) is 0 Å². The van der Waals surface area contributed by atoms with E-state index in [1.165, 1.54) is 4.90 Å². The fourth-order valence-electron chi connectivity index (χ4n) is 3.63. The average molecular weight is 380 g/mol. The molecule has 2 aliphatic rings. The minimum Gasteiger partial charge on any atom is -0.489 e. The van der Waals surface area contributed by atoms with E-state index < -0.39 is 0 Å². The van der Waals surface area contributed by atoms with Crippen molar-refractivity contribution in [2.75, 3.05) is 26.2 Å². The van der Waals surface area contributed by atoms with Gasteiger partial charge in [0.15, 0.2) is 0 Å². The summed E-state index contributed by atoms with van der Waals surface area (Å²) in [5.41, 5.74) is 0. The molecule has 146 valence electrons. The van der Waals surface area contributed by atoms with E-state index >= 15 is 0 Å². The van der Waals surface area contributed by atoms with Crippen LogP contribution in [-0.2, 0) is 9.59 Å². The zero-order valence-corrected chi connectivity index (χ0v) is 15.8. The Labute approximate surface area is 164 Å². The third-order valence-corrected chi connectivity index (χ3v) is 5.07. The van der Waals surface area contributed by atoms with E-state index in [1.807, 2.05) is 54.6 Å². The first-order chi connectivity index (χ1) is 13.7. The molecular formula is C22H24N2O4. The molecule has 4 rings (SSSR count). The van der Waals surface area contributed by atoms with Gasteiger partial charge in [-0.05, 0) is 49.2 Å². The van der Waals surface area contributed by atoms with Gasteiger partial charge in [-0.1, -0.05) is 18.2 Å². The van der Waals surface area contributed by atoms with Crippen molar-refractivity contribution in [3.63, 3.8) is 0 Å². The predicted molar refractivity (Wildman–Crippen MR) is 104 cm³/mol. The van der Waals surface area contributed by atoms with Crippen LogP contribution >= 0.6 is 0 Å². The highest BCUT2D eigenvalue weighted by Gasteiger charge is 2.30. The molecule has 0 radical (unpaired) electrons. The van der Waals surface area contributed by atoms with Crippen LogP contribution in [0.5, 0.6) is 17.2 Å². The van der Waals surface area contributed by atoms with Crippen LogP contribution < -0.4 is 9.47 Å². The lowest BCUT2D eigenvalue weighted by molar-refractivity contribution is -0.142. The Bertz CT molecular complexity index is 822. The molecule has 2 aromatic carbocycles. The number of likely N-dealkylation sites (tertiary alicyclic amines) is 2.